The first-order valence-electron chi connectivity index (χ1n) is 22.7. The molecule has 6 heterocycles. The molecule has 0 amide bonds. The van der Waals surface area contributed by atoms with Gasteiger partial charge in [0, 0.05) is 65.1 Å². The zero-order chi connectivity index (χ0) is 44.3. The molecular formula is C52H56N2O9. The molecule has 2 saturated heterocycles. The first kappa shape index (κ1) is 40.5. The Morgan fingerprint density at radius 3 is 2.43 bits per heavy atom. The summed E-state index contributed by atoms with van der Waals surface area (Å²) in [6.45, 7) is 17.3. The van der Waals surface area contributed by atoms with Gasteiger partial charge >= 0.3 is 11.9 Å². The van der Waals surface area contributed by atoms with Gasteiger partial charge in [0.05, 0.1) is 41.9 Å². The zero-order valence-electron chi connectivity index (χ0n) is 37.7. The average molecular weight is 853 g/mol. The van der Waals surface area contributed by atoms with Crippen LogP contribution in [0.1, 0.15) is 120 Å². The SMILES string of the molecule is COC(=O)C(C)=CCC12OC(C)(C)C3CC(C1=O)C1C4=C(c5ccccc5C4=O)N4CCNC45c4c(c(CC=C(C)C)c6c7c4OC(=O)CC7=CC(C)(CCC=C(C)C)O6)OC32C15. The van der Waals surface area contributed by atoms with Crippen LogP contribution in [-0.2, 0) is 35.9 Å². The predicted octanol–water partition coefficient (Wildman–Crippen LogP) is 8.10. The van der Waals surface area contributed by atoms with Crippen LogP contribution in [0.3, 0.4) is 0 Å². The Balaban J connectivity index is 1.27. The third-order valence-electron chi connectivity index (χ3n) is 15.9. The second kappa shape index (κ2) is 13.2. The van der Waals surface area contributed by atoms with Crippen molar-refractivity contribution in [1.29, 1.82) is 0 Å². The highest BCUT2D eigenvalue weighted by molar-refractivity contribution is 6.22. The molecule has 1 N–H and O–H groups in total. The van der Waals surface area contributed by atoms with Crippen molar-refractivity contribution in [2.75, 3.05) is 20.2 Å². The highest BCUT2D eigenvalue weighted by Gasteiger charge is 2.89. The zero-order valence-corrected chi connectivity index (χ0v) is 37.7. The van der Waals surface area contributed by atoms with Crippen LogP contribution in [0.5, 0.6) is 17.2 Å². The van der Waals surface area contributed by atoms with Crippen molar-refractivity contribution < 1.29 is 42.9 Å². The summed E-state index contributed by atoms with van der Waals surface area (Å²) < 4.78 is 34.4. The Labute approximate surface area is 368 Å². The number of rotatable bonds is 8. The number of allylic oxidation sites excluding steroid dienone is 5. The monoisotopic (exact) mass is 852 g/mol. The smallest absolute Gasteiger partial charge is 0.333 e. The van der Waals surface area contributed by atoms with Gasteiger partial charge in [-0.2, -0.15) is 0 Å². The van der Waals surface area contributed by atoms with Gasteiger partial charge in [0.2, 0.25) is 0 Å². The minimum absolute atomic E-state index is 0.0554. The first-order chi connectivity index (χ1) is 29.9. The van der Waals surface area contributed by atoms with E-state index >= 15 is 9.59 Å². The van der Waals surface area contributed by atoms with Crippen LogP contribution in [0.2, 0.25) is 0 Å². The molecule has 2 aromatic carbocycles. The Kier molecular flexibility index (Phi) is 8.46. The van der Waals surface area contributed by atoms with Gasteiger partial charge in [-0.1, -0.05) is 53.6 Å². The highest BCUT2D eigenvalue weighted by atomic mass is 16.6. The second-order valence-electron chi connectivity index (χ2n) is 20.5. The Hall–Kier alpha value is -5.26. The maximum atomic E-state index is 16.0. The maximum absolute atomic E-state index is 16.0. The van der Waals surface area contributed by atoms with Gasteiger partial charge in [-0.3, -0.25) is 19.7 Å². The molecule has 2 spiro atoms. The molecule has 5 fully saturated rings. The number of benzene rings is 2. The molecule has 4 aliphatic carbocycles. The topological polar surface area (TPSA) is 130 Å². The third-order valence-corrected chi connectivity index (χ3v) is 15.9. The molecule has 11 heteroatoms. The van der Waals surface area contributed by atoms with Crippen molar-refractivity contribution >= 4 is 34.8 Å². The van der Waals surface area contributed by atoms with Crippen LogP contribution >= 0.6 is 0 Å². The van der Waals surface area contributed by atoms with E-state index in [9.17, 15) is 9.59 Å². The summed E-state index contributed by atoms with van der Waals surface area (Å²) in [6, 6.07) is 7.76. The van der Waals surface area contributed by atoms with Crippen LogP contribution in [-0.4, -0.2) is 71.0 Å². The summed E-state index contributed by atoms with van der Waals surface area (Å²) in [6.07, 6.45) is 10.8. The van der Waals surface area contributed by atoms with E-state index in [1.54, 1.807) is 13.0 Å². The Bertz CT molecular complexity index is 2670. The lowest BCUT2D eigenvalue weighted by Gasteiger charge is -2.71. The Morgan fingerprint density at radius 2 is 1.70 bits per heavy atom. The molecule has 10 aliphatic rings. The molecule has 0 radical (unpaired) electrons. The van der Waals surface area contributed by atoms with E-state index in [1.807, 2.05) is 38.1 Å². The van der Waals surface area contributed by atoms with E-state index in [4.69, 9.17) is 23.7 Å². The minimum atomic E-state index is -1.57. The van der Waals surface area contributed by atoms with Crippen molar-refractivity contribution in [1.82, 2.24) is 10.2 Å². The Morgan fingerprint density at radius 1 is 0.952 bits per heavy atom. The number of esters is 2. The fraction of sp³-hybridized carbons (Fsp3) is 0.500. The summed E-state index contributed by atoms with van der Waals surface area (Å²) in [4.78, 5) is 60.5. The molecule has 12 rings (SSSR count). The molecule has 6 aliphatic heterocycles. The molecule has 0 aromatic heterocycles. The number of Topliss-reactive ketones (excluding diaryl/α,β-unsaturated/α-hetero) is 2. The van der Waals surface area contributed by atoms with E-state index in [-0.39, 0.29) is 36.3 Å². The lowest BCUT2D eigenvalue weighted by Crippen LogP contribution is -2.84. The quantitative estimate of drug-likeness (QED) is 0.120. The van der Waals surface area contributed by atoms with Gasteiger partial charge in [0.25, 0.3) is 0 Å². The van der Waals surface area contributed by atoms with Crippen molar-refractivity contribution in [3.63, 3.8) is 0 Å². The minimum Gasteiger partial charge on any atom is -0.482 e. The highest BCUT2D eigenvalue weighted by Crippen LogP contribution is 2.79. The van der Waals surface area contributed by atoms with Crippen molar-refractivity contribution in [3.05, 3.63) is 98.7 Å². The fourth-order valence-electron chi connectivity index (χ4n) is 13.8. The van der Waals surface area contributed by atoms with Gasteiger partial charge in [-0.15, -0.1) is 0 Å². The largest absolute Gasteiger partial charge is 0.482 e. The summed E-state index contributed by atoms with van der Waals surface area (Å²) in [7, 11) is 1.35. The summed E-state index contributed by atoms with van der Waals surface area (Å²) in [5, 5.41) is 4.07. The van der Waals surface area contributed by atoms with Crippen LogP contribution in [0, 0.1) is 23.7 Å². The fourth-order valence-corrected chi connectivity index (χ4v) is 13.8. The summed E-state index contributed by atoms with van der Waals surface area (Å²) in [5.74, 6) is -1.59. The first-order valence-corrected chi connectivity index (χ1v) is 22.7. The van der Waals surface area contributed by atoms with Crippen LogP contribution in [0.15, 0.2) is 70.9 Å². The molecule has 2 aromatic rings. The number of ether oxygens (including phenoxy) is 5. The normalized spacial score (nSPS) is 34.0. The van der Waals surface area contributed by atoms with E-state index in [1.165, 1.54) is 12.7 Å². The number of hydrogen-bond donors (Lipinski definition) is 1. The number of fused-ring (bicyclic) bond motifs is 5. The predicted molar refractivity (Wildman–Crippen MR) is 235 cm³/mol. The molecule has 4 bridgehead atoms. The third kappa shape index (κ3) is 4.98. The van der Waals surface area contributed by atoms with Gasteiger partial charge in [-0.25, -0.2) is 4.79 Å². The molecule has 8 unspecified atom stereocenters. The van der Waals surface area contributed by atoms with Gasteiger partial charge in [0.15, 0.2) is 28.5 Å². The lowest BCUT2D eigenvalue weighted by atomic mass is 9.39. The van der Waals surface area contributed by atoms with E-state index in [2.05, 4.69) is 63.1 Å². The van der Waals surface area contributed by atoms with E-state index in [0.29, 0.717) is 71.9 Å². The number of methoxy groups -OCH3 is 1. The summed E-state index contributed by atoms with van der Waals surface area (Å²) in [5.41, 5.74) is 3.02. The molecule has 328 valence electrons. The van der Waals surface area contributed by atoms with Gasteiger partial charge in [-0.05, 0) is 92.7 Å². The average Bonchev–Trinajstić information content (AvgIpc) is 3.83. The molecular weight excluding hydrogens is 797 g/mol. The van der Waals surface area contributed by atoms with Crippen LogP contribution in [0.25, 0.3) is 11.3 Å². The number of carbonyl (C=O) groups excluding carboxylic acids is 4. The van der Waals surface area contributed by atoms with E-state index < -0.39 is 51.8 Å². The number of carbonyl (C=O) groups is 4. The number of ketones is 2. The summed E-state index contributed by atoms with van der Waals surface area (Å²) >= 11 is 0. The molecule has 63 heavy (non-hydrogen) atoms. The standard InChI is InChI=1S/C52H56N2O9/c1-26(2)13-12-19-49(8)25-29-23-35(55)60-44-36(29)42(61-49)32(17-16-27(3)4)43-39(44)52-45-37(38-40(54(52)22-21-53-52)30-14-10-11-15-31(30)41(38)56)33-24-34-48(6,7)63-50(46(33)57,51(34,45)62-43)20-18-28(5)47(58)59-9/h10-11,13-16,18,25,33-34,37,45,53H,12,17,19-24H2,1-9H3. The number of hydrogen-bond acceptors (Lipinski definition) is 11. The van der Waals surface area contributed by atoms with E-state index in [0.717, 1.165) is 40.0 Å². The number of nitrogens with one attached hydrogen (secondary N) is 1. The second-order valence-corrected chi connectivity index (χ2v) is 20.5. The van der Waals surface area contributed by atoms with Gasteiger partial charge in [0.1, 0.15) is 22.8 Å². The van der Waals surface area contributed by atoms with Gasteiger partial charge < -0.3 is 28.6 Å². The van der Waals surface area contributed by atoms with Crippen molar-refractivity contribution in [3.8, 4) is 17.2 Å². The maximum Gasteiger partial charge on any atom is 0.333 e. The van der Waals surface area contributed by atoms with Crippen LogP contribution < -0.4 is 19.5 Å². The van der Waals surface area contributed by atoms with Crippen LogP contribution in [0.4, 0.5) is 0 Å². The molecule has 3 saturated carbocycles. The molecule has 11 nitrogen and oxygen atoms in total. The molecule has 8 atom stereocenters. The number of nitrogens with zero attached hydrogens (tertiary/aromatic N) is 1. The lowest BCUT2D eigenvalue weighted by molar-refractivity contribution is -0.245. The van der Waals surface area contributed by atoms with Crippen molar-refractivity contribution in [2.45, 2.75) is 122 Å². The van der Waals surface area contributed by atoms with Crippen molar-refractivity contribution in [2.24, 2.45) is 23.7 Å².